The van der Waals surface area contributed by atoms with Crippen LogP contribution in [0.5, 0.6) is 0 Å². The average molecular weight is 616 g/mol. The highest BCUT2D eigenvalue weighted by molar-refractivity contribution is 6.30. The lowest BCUT2D eigenvalue weighted by Crippen LogP contribution is -2.65. The third kappa shape index (κ3) is 6.14. The first-order chi connectivity index (χ1) is 20.3. The summed E-state index contributed by atoms with van der Waals surface area (Å²) in [6, 6.07) is 6.45. The van der Waals surface area contributed by atoms with Crippen molar-refractivity contribution in [1.82, 2.24) is 10.2 Å². The van der Waals surface area contributed by atoms with E-state index < -0.39 is 21.8 Å². The predicted molar refractivity (Wildman–Crippen MR) is 168 cm³/mol. The summed E-state index contributed by atoms with van der Waals surface area (Å²) in [6.45, 7) is 13.4. The number of ether oxygens (including phenoxy) is 1. The Labute approximate surface area is 262 Å². The number of urea groups is 1. The maximum atomic E-state index is 14.7. The number of likely N-dealkylation sites (tertiary alicyclic amines) is 2. The highest BCUT2D eigenvalue weighted by Gasteiger charge is 2.60. The molecule has 4 fully saturated rings. The number of rotatable bonds is 5. The molecule has 5 rings (SSSR count). The van der Waals surface area contributed by atoms with Gasteiger partial charge in [0.15, 0.2) is 0 Å². The number of nitrogens with one attached hydrogen (secondary N) is 1. The molecule has 2 unspecified atom stereocenters. The van der Waals surface area contributed by atoms with Gasteiger partial charge >= 0.3 is 11.9 Å². The van der Waals surface area contributed by atoms with E-state index in [1.165, 1.54) is 0 Å². The molecule has 9 heteroatoms. The lowest BCUT2D eigenvalue weighted by atomic mass is 9.63. The third-order valence-electron chi connectivity index (χ3n) is 11.5. The van der Waals surface area contributed by atoms with Crippen molar-refractivity contribution in [2.24, 2.45) is 28.9 Å². The van der Waals surface area contributed by atoms with Gasteiger partial charge in [-0.25, -0.2) is 9.59 Å². The van der Waals surface area contributed by atoms with Crippen molar-refractivity contribution < 1.29 is 23.6 Å². The Morgan fingerprint density at radius 1 is 1.02 bits per heavy atom. The molecule has 8 nitrogen and oxygen atoms in total. The van der Waals surface area contributed by atoms with E-state index in [-0.39, 0.29) is 41.9 Å². The van der Waals surface area contributed by atoms with E-state index in [4.69, 9.17) is 22.1 Å². The Bertz CT molecular complexity index is 1190. The molecular weight excluding hydrogens is 564 g/mol. The molecule has 43 heavy (non-hydrogen) atoms. The zero-order chi connectivity index (χ0) is 31.2. The van der Waals surface area contributed by atoms with Gasteiger partial charge in [0.05, 0.1) is 17.4 Å². The zero-order valence-corrected chi connectivity index (χ0v) is 27.5. The first-order valence-corrected chi connectivity index (χ1v) is 16.8. The fourth-order valence-corrected chi connectivity index (χ4v) is 8.79. The number of primary amides is 1. The van der Waals surface area contributed by atoms with Gasteiger partial charge in [-0.05, 0) is 82.9 Å². The van der Waals surface area contributed by atoms with E-state index in [1.807, 2.05) is 31.2 Å². The number of halogens is 1. The van der Waals surface area contributed by atoms with Crippen molar-refractivity contribution in [3.8, 4) is 0 Å². The Balaban J connectivity index is 1.39. The fraction of sp³-hybridized carbons (Fsp3) is 0.735. The molecule has 1 aliphatic carbocycles. The second-order valence-corrected chi connectivity index (χ2v) is 15.5. The number of imide groups is 1. The number of carbonyl (C=O) groups is 3. The van der Waals surface area contributed by atoms with Crippen molar-refractivity contribution in [3.05, 3.63) is 34.9 Å². The number of hydrogen-bond donors (Lipinski definition) is 2. The quantitative estimate of drug-likeness (QED) is 0.428. The Morgan fingerprint density at radius 2 is 1.65 bits per heavy atom. The molecule has 4 amide bonds. The molecule has 3 aliphatic heterocycles. The Hall–Kier alpha value is -2.00. The minimum Gasteiger partial charge on any atom is -0.381 e. The van der Waals surface area contributed by atoms with Crippen molar-refractivity contribution in [2.75, 3.05) is 32.8 Å². The van der Waals surface area contributed by atoms with Crippen LogP contribution in [-0.4, -0.2) is 77.7 Å². The molecule has 238 valence electrons. The number of hydrogen-bond acceptors (Lipinski definition) is 5. The maximum absolute atomic E-state index is 14.7. The Kier molecular flexibility index (Phi) is 9.35. The monoisotopic (exact) mass is 615 g/mol. The van der Waals surface area contributed by atoms with Crippen LogP contribution >= 0.6 is 11.6 Å². The normalized spacial score (nSPS) is 35.0. The zero-order valence-electron chi connectivity index (χ0n) is 26.7. The molecular formula is C34H52ClN4O4+. The van der Waals surface area contributed by atoms with Crippen LogP contribution in [0.3, 0.4) is 0 Å². The standard InChI is InChI=1S/C34H51ClN4O4/c1-22-6-10-25(11-7-22)34(14-16-43-17-15-34)31(41)37-27-18-23(2)39(21-27,32(36)42)30(40)29-20-38(33(3,4)5)19-28(29)24-8-12-26(35)13-9-24/h8-9,12-13,22-23,25,27-29H,6-7,10-11,14-21H2,1-5H3,(H2-,36,37,41,42)/p+1/t22?,23?,25?,27-,28-,29+,39?/m0/s1. The summed E-state index contributed by atoms with van der Waals surface area (Å²) >= 11 is 6.20. The summed E-state index contributed by atoms with van der Waals surface area (Å²) in [5.41, 5.74) is 6.61. The van der Waals surface area contributed by atoms with Crippen LogP contribution in [0.4, 0.5) is 4.79 Å². The van der Waals surface area contributed by atoms with E-state index in [0.717, 1.165) is 44.1 Å². The number of nitrogens with two attached hydrogens (primary N) is 1. The minimum absolute atomic E-state index is 0.0725. The van der Waals surface area contributed by atoms with Crippen molar-refractivity contribution >= 4 is 29.4 Å². The van der Waals surface area contributed by atoms with Gasteiger partial charge in [0.25, 0.3) is 0 Å². The SMILES string of the molecule is CC1CCC(C2(C(=O)N[C@H]3CC(C)[N+](C(N)=O)(C(=O)[C@@H]4CN(C(C)(C)C)C[C@H]4c4ccc(Cl)cc4)C3)CCOCC2)CC1. The number of carbonyl (C=O) groups excluding carboxylic acids is 3. The number of amides is 4. The number of nitrogens with zero attached hydrogens (tertiary/aromatic N) is 2. The van der Waals surface area contributed by atoms with Gasteiger partial charge in [-0.2, -0.15) is 4.48 Å². The van der Waals surface area contributed by atoms with Gasteiger partial charge in [-0.1, -0.05) is 43.5 Å². The topological polar surface area (TPSA) is 102 Å². The van der Waals surface area contributed by atoms with Gasteiger partial charge < -0.3 is 15.8 Å². The highest BCUT2D eigenvalue weighted by Crippen LogP contribution is 2.47. The van der Waals surface area contributed by atoms with Gasteiger partial charge in [0, 0.05) is 49.2 Å². The second kappa shape index (κ2) is 12.4. The van der Waals surface area contributed by atoms with Gasteiger partial charge in [-0.15, -0.1) is 0 Å². The second-order valence-electron chi connectivity index (χ2n) is 15.0. The van der Waals surface area contributed by atoms with Crippen LogP contribution in [0, 0.1) is 23.2 Å². The maximum Gasteiger partial charge on any atom is 0.421 e. The highest BCUT2D eigenvalue weighted by atomic mass is 35.5. The third-order valence-corrected chi connectivity index (χ3v) is 11.8. The average Bonchev–Trinajstić information content (AvgIpc) is 3.56. The molecule has 3 saturated heterocycles. The molecule has 1 saturated carbocycles. The van der Waals surface area contributed by atoms with Crippen LogP contribution in [0.15, 0.2) is 24.3 Å². The summed E-state index contributed by atoms with van der Waals surface area (Å²) in [5.74, 6) is 0.487. The molecule has 3 heterocycles. The lowest BCUT2D eigenvalue weighted by molar-refractivity contribution is -0.785. The van der Waals surface area contributed by atoms with Crippen molar-refractivity contribution in [1.29, 1.82) is 0 Å². The molecule has 0 spiro atoms. The molecule has 5 atom stereocenters. The van der Waals surface area contributed by atoms with Crippen LogP contribution in [0.1, 0.15) is 91.0 Å². The van der Waals surface area contributed by atoms with Gasteiger partial charge in [0.1, 0.15) is 12.6 Å². The molecule has 0 bridgehead atoms. The summed E-state index contributed by atoms with van der Waals surface area (Å²) in [5, 5.41) is 4.02. The Morgan fingerprint density at radius 3 is 2.23 bits per heavy atom. The molecule has 4 aliphatic rings. The molecule has 3 N–H and O–H groups in total. The van der Waals surface area contributed by atoms with Crippen LogP contribution in [0.25, 0.3) is 0 Å². The van der Waals surface area contributed by atoms with E-state index in [2.05, 4.69) is 37.9 Å². The molecule has 0 radical (unpaired) electrons. The van der Waals surface area contributed by atoms with Gasteiger partial charge in [-0.3, -0.25) is 9.69 Å². The number of benzene rings is 1. The largest absolute Gasteiger partial charge is 0.421 e. The summed E-state index contributed by atoms with van der Waals surface area (Å²) in [6.07, 6.45) is 6.42. The molecule has 1 aromatic carbocycles. The van der Waals surface area contributed by atoms with E-state index in [1.54, 1.807) is 0 Å². The first-order valence-electron chi connectivity index (χ1n) is 16.4. The summed E-state index contributed by atoms with van der Waals surface area (Å²) in [7, 11) is 0. The van der Waals surface area contributed by atoms with E-state index in [9.17, 15) is 14.4 Å². The van der Waals surface area contributed by atoms with Crippen LogP contribution < -0.4 is 11.1 Å². The van der Waals surface area contributed by atoms with Crippen molar-refractivity contribution in [2.45, 2.75) is 103 Å². The van der Waals surface area contributed by atoms with Crippen molar-refractivity contribution in [3.63, 3.8) is 0 Å². The fourth-order valence-electron chi connectivity index (χ4n) is 8.66. The van der Waals surface area contributed by atoms with E-state index in [0.29, 0.717) is 49.6 Å². The first kappa shape index (κ1) is 32.4. The summed E-state index contributed by atoms with van der Waals surface area (Å²) < 4.78 is 5.29. The van der Waals surface area contributed by atoms with Crippen LogP contribution in [-0.2, 0) is 14.3 Å². The smallest absolute Gasteiger partial charge is 0.381 e. The predicted octanol–water partition coefficient (Wildman–Crippen LogP) is 5.48. The van der Waals surface area contributed by atoms with Gasteiger partial charge in [0.2, 0.25) is 5.91 Å². The van der Waals surface area contributed by atoms with Crippen LogP contribution in [0.2, 0.25) is 5.02 Å². The molecule has 0 aromatic heterocycles. The lowest BCUT2D eigenvalue weighted by Gasteiger charge is -2.45. The number of quaternary nitrogens is 1. The molecule has 1 aromatic rings. The summed E-state index contributed by atoms with van der Waals surface area (Å²) in [4.78, 5) is 44.6. The minimum atomic E-state index is -0.625. The van der Waals surface area contributed by atoms with E-state index >= 15 is 0 Å².